The molecule has 6 bridgehead atoms. The lowest BCUT2D eigenvalue weighted by Gasteiger charge is -2.50. The van der Waals surface area contributed by atoms with Gasteiger partial charge in [-0.05, 0) is 106 Å². The van der Waals surface area contributed by atoms with Crippen molar-refractivity contribution in [2.75, 3.05) is 27.9 Å². The minimum atomic E-state index is -2.42. The third kappa shape index (κ3) is 12.2. The van der Waals surface area contributed by atoms with E-state index in [0.29, 0.717) is 63.4 Å². The Morgan fingerprint density at radius 3 is 2.23 bits per heavy atom. The number of hydrogen-bond acceptors (Lipinski definition) is 13. The second-order valence-corrected chi connectivity index (χ2v) is 19.9. The van der Waals surface area contributed by atoms with E-state index < -0.39 is 96.1 Å². The van der Waals surface area contributed by atoms with Gasteiger partial charge in [0.1, 0.15) is 24.4 Å². The van der Waals surface area contributed by atoms with Crippen LogP contribution in [0.1, 0.15) is 112 Å². The normalized spacial score (nSPS) is 45.4. The summed E-state index contributed by atoms with van der Waals surface area (Å²) in [7, 11) is 4.63. The maximum Gasteiger partial charge on any atom is 0.329 e. The number of aliphatic hydroxyl groups is 5. The van der Waals surface area contributed by atoms with Gasteiger partial charge in [-0.15, -0.1) is 0 Å². The average Bonchev–Trinajstić information content (AvgIpc) is 3.27. The molecule has 5 heterocycles. The summed E-state index contributed by atoms with van der Waals surface area (Å²) < 4.78 is 29.6. The molecular weight excluding hydrogens is 823 g/mol. The minimum absolute atomic E-state index is 0.0776. The molecule has 5 aliphatic heterocycles. The second-order valence-electron chi connectivity index (χ2n) is 19.9. The van der Waals surface area contributed by atoms with Gasteiger partial charge in [-0.1, -0.05) is 64.2 Å². The first kappa shape index (κ1) is 52.2. The summed E-state index contributed by atoms with van der Waals surface area (Å²) in [6.07, 6.45) is 10.2. The third-order valence-electron chi connectivity index (χ3n) is 15.3. The highest BCUT2D eigenvalue weighted by atomic mass is 16.6. The maximum atomic E-state index is 14.5. The monoisotopic (exact) mass is 902 g/mol. The third-order valence-corrected chi connectivity index (χ3v) is 15.3. The van der Waals surface area contributed by atoms with E-state index in [1.807, 2.05) is 51.2 Å². The average molecular weight is 902 g/mol. The van der Waals surface area contributed by atoms with E-state index in [0.717, 1.165) is 12.0 Å². The van der Waals surface area contributed by atoms with Crippen LogP contribution in [0.4, 0.5) is 0 Å². The van der Waals surface area contributed by atoms with Crippen molar-refractivity contribution in [2.45, 2.75) is 179 Å². The molecule has 14 nitrogen and oxygen atoms in total. The molecule has 0 aromatic rings. The number of carbonyl (C=O) groups excluding carboxylic acids is 3. The van der Waals surface area contributed by atoms with Gasteiger partial charge < -0.3 is 54.1 Å². The lowest BCUT2D eigenvalue weighted by molar-refractivity contribution is -0.266. The SMILES string of the molecule is CO[C@H]1[C@@H](O)[C@H](C)C[C@H](C)/C=C/C=C/C=C(\C)[C@@H](OC)CC2CC[C@@H](C)[C@@](O)(O2)C(=O)C(=O)N2CCC[C@@H]3C(C[C@@H]4CC[C@@H](O)[C@H](OC)C4)[C@H](C[C@H](O)C(C)/C=C(\C)[C@@H]1O)OC(=O)[C@H]32. The molecule has 64 heavy (non-hydrogen) atoms. The lowest BCUT2D eigenvalue weighted by atomic mass is 9.67. The van der Waals surface area contributed by atoms with E-state index >= 15 is 0 Å². The zero-order valence-corrected chi connectivity index (χ0v) is 39.7. The van der Waals surface area contributed by atoms with Gasteiger partial charge in [0.25, 0.3) is 11.7 Å². The highest BCUT2D eigenvalue weighted by Crippen LogP contribution is 2.45. The number of amides is 1. The van der Waals surface area contributed by atoms with Crippen molar-refractivity contribution in [3.63, 3.8) is 0 Å². The molecule has 0 spiro atoms. The molecule has 6 rings (SSSR count). The highest BCUT2D eigenvalue weighted by Gasteiger charge is 2.57. The second kappa shape index (κ2) is 23.3. The van der Waals surface area contributed by atoms with Crippen molar-refractivity contribution in [3.05, 3.63) is 47.6 Å². The first-order valence-corrected chi connectivity index (χ1v) is 23.8. The summed E-state index contributed by atoms with van der Waals surface area (Å²) in [6.45, 7) is 11.3. The Balaban J connectivity index is 1.50. The van der Waals surface area contributed by atoms with Crippen LogP contribution in [0.5, 0.6) is 0 Å². The van der Waals surface area contributed by atoms with Gasteiger partial charge in [-0.3, -0.25) is 9.59 Å². The number of rotatable bonds is 5. The van der Waals surface area contributed by atoms with E-state index in [-0.39, 0.29) is 42.7 Å². The Hall–Kier alpha value is -2.79. The molecule has 4 fully saturated rings. The number of Topliss-reactive ketones (excluding diaryl/α,β-unsaturated/α-hetero) is 1. The molecular formula is C50H79NO13. The van der Waals surface area contributed by atoms with Gasteiger partial charge in [-0.2, -0.15) is 0 Å². The molecule has 3 unspecified atom stereocenters. The first-order valence-electron chi connectivity index (χ1n) is 23.8. The van der Waals surface area contributed by atoms with Crippen LogP contribution < -0.4 is 0 Å². The van der Waals surface area contributed by atoms with Crippen molar-refractivity contribution in [1.82, 2.24) is 4.90 Å². The van der Waals surface area contributed by atoms with Crippen LogP contribution in [0.15, 0.2) is 47.6 Å². The van der Waals surface area contributed by atoms with Crippen LogP contribution in [0, 0.1) is 41.4 Å². The maximum absolute atomic E-state index is 14.5. The largest absolute Gasteiger partial charge is 0.460 e. The molecule has 18 atom stereocenters. The van der Waals surface area contributed by atoms with Crippen LogP contribution in [0.3, 0.4) is 0 Å². The van der Waals surface area contributed by atoms with E-state index in [4.69, 9.17) is 23.7 Å². The molecule has 5 N–H and O–H groups in total. The molecule has 1 amide bonds. The number of piperidine rings is 1. The van der Waals surface area contributed by atoms with Crippen molar-refractivity contribution >= 4 is 17.7 Å². The van der Waals surface area contributed by atoms with E-state index in [1.165, 1.54) is 12.0 Å². The zero-order chi connectivity index (χ0) is 47.0. The summed E-state index contributed by atoms with van der Waals surface area (Å²) in [4.78, 5) is 44.4. The standard InChI is InChI=1S/C50H79NO13/c1-28-14-11-10-12-15-29(2)40(60-7)26-35-19-17-33(6)50(59,64-35)47(56)48(57)51-21-13-16-36-37(24-34-18-20-38(52)42(25-34)61-8)41(63-49(58)43(36)51)27-39(53)30(3)23-32(5)45(55)46(62-9)44(54)31(4)22-28/h10-12,14-15,23,28,30-31,33-46,52-55,59H,13,16-22,24-27H2,1-9H3/b12-10+,14-11+,29-15+,32-23+/t28-,30?,31-,33-,34+,35?,36-,37?,38-,39+,40+,41+,42-,43+,44+,45+,46+,50-/m1/s1. The van der Waals surface area contributed by atoms with E-state index in [9.17, 15) is 39.9 Å². The Morgan fingerprint density at radius 2 is 1.55 bits per heavy atom. The van der Waals surface area contributed by atoms with E-state index in [2.05, 4.69) is 6.92 Å². The summed E-state index contributed by atoms with van der Waals surface area (Å²) >= 11 is 0. The van der Waals surface area contributed by atoms with Gasteiger partial charge in [-0.25, -0.2) is 4.79 Å². The van der Waals surface area contributed by atoms with Crippen LogP contribution in [-0.2, 0) is 38.1 Å². The van der Waals surface area contributed by atoms with Crippen molar-refractivity contribution in [3.8, 4) is 0 Å². The van der Waals surface area contributed by atoms with Crippen LogP contribution in [0.25, 0.3) is 0 Å². The fourth-order valence-corrected chi connectivity index (χ4v) is 11.2. The molecule has 0 aromatic heterocycles. The van der Waals surface area contributed by atoms with Crippen molar-refractivity contribution in [2.24, 2.45) is 41.4 Å². The number of esters is 1. The zero-order valence-electron chi connectivity index (χ0n) is 39.7. The number of aliphatic hydroxyl groups excluding tert-OH is 4. The summed E-state index contributed by atoms with van der Waals surface area (Å²) in [5, 5.41) is 57.4. The number of nitrogens with zero attached hydrogens (tertiary/aromatic N) is 1. The van der Waals surface area contributed by atoms with Gasteiger partial charge in [0, 0.05) is 58.5 Å². The number of fused-ring (bicyclic) bond motifs is 16. The lowest BCUT2D eigenvalue weighted by Crippen LogP contribution is -2.65. The van der Waals surface area contributed by atoms with Gasteiger partial charge >= 0.3 is 5.97 Å². The van der Waals surface area contributed by atoms with Crippen LogP contribution in [-0.4, -0.2) is 143 Å². The quantitative estimate of drug-likeness (QED) is 0.141. The minimum Gasteiger partial charge on any atom is -0.460 e. The smallest absolute Gasteiger partial charge is 0.329 e. The number of ether oxygens (including phenoxy) is 5. The molecule has 362 valence electrons. The van der Waals surface area contributed by atoms with E-state index in [1.54, 1.807) is 34.1 Å². The first-order chi connectivity index (χ1) is 30.3. The Morgan fingerprint density at radius 1 is 0.812 bits per heavy atom. The summed E-state index contributed by atoms with van der Waals surface area (Å²) in [5.74, 6) is -7.14. The Labute approximate surface area is 381 Å². The number of hydrogen-bond donors (Lipinski definition) is 5. The molecule has 1 saturated carbocycles. The molecule has 14 heteroatoms. The number of methoxy groups -OCH3 is 3. The Kier molecular flexibility index (Phi) is 19.0. The Bertz CT molecular complexity index is 1700. The topological polar surface area (TPSA) is 202 Å². The number of carbonyl (C=O) groups is 3. The molecule has 0 aromatic carbocycles. The molecule has 6 aliphatic rings. The van der Waals surface area contributed by atoms with Crippen LogP contribution >= 0.6 is 0 Å². The molecule has 3 saturated heterocycles. The molecule has 0 radical (unpaired) electrons. The van der Waals surface area contributed by atoms with Crippen LogP contribution in [0.2, 0.25) is 0 Å². The fourth-order valence-electron chi connectivity index (χ4n) is 11.2. The van der Waals surface area contributed by atoms with Crippen molar-refractivity contribution < 1.29 is 63.6 Å². The van der Waals surface area contributed by atoms with Crippen molar-refractivity contribution in [1.29, 1.82) is 0 Å². The van der Waals surface area contributed by atoms with Gasteiger partial charge in [0.2, 0.25) is 5.79 Å². The number of allylic oxidation sites excluding steroid dienone is 5. The number of ketones is 1. The highest BCUT2D eigenvalue weighted by molar-refractivity contribution is 6.39. The van der Waals surface area contributed by atoms with Gasteiger partial charge in [0.05, 0.1) is 36.6 Å². The van der Waals surface area contributed by atoms with Gasteiger partial charge in [0.15, 0.2) is 0 Å². The fraction of sp³-hybridized carbons (Fsp3) is 0.780. The predicted molar refractivity (Wildman–Crippen MR) is 240 cm³/mol. The summed E-state index contributed by atoms with van der Waals surface area (Å²) in [6, 6.07) is -1.09. The summed E-state index contributed by atoms with van der Waals surface area (Å²) in [5.41, 5.74) is 1.42. The molecule has 1 aliphatic carbocycles. The predicted octanol–water partition coefficient (Wildman–Crippen LogP) is 4.98.